The summed E-state index contributed by atoms with van der Waals surface area (Å²) in [5.41, 5.74) is 2.02. The maximum absolute atomic E-state index is 5.50. The third-order valence-corrected chi connectivity index (χ3v) is 6.47. The number of aromatic nitrogens is 4. The highest BCUT2D eigenvalue weighted by molar-refractivity contribution is 7.98. The van der Waals surface area contributed by atoms with Crippen LogP contribution in [0.4, 0.5) is 0 Å². The van der Waals surface area contributed by atoms with Crippen LogP contribution in [-0.2, 0) is 12.3 Å². The summed E-state index contributed by atoms with van der Waals surface area (Å²) in [6, 6.07) is 5.80. The molecule has 0 atom stereocenters. The van der Waals surface area contributed by atoms with E-state index in [0.717, 1.165) is 51.0 Å². The lowest BCUT2D eigenvalue weighted by molar-refractivity contribution is 0.395. The SMILES string of the molecule is CCn1c(SCc2csc(-c3ccc(OC)cc3OC)n2)nnc1C1CC1. The third kappa shape index (κ3) is 3.82. The van der Waals surface area contributed by atoms with Crippen LogP contribution in [0.1, 0.15) is 37.2 Å². The Morgan fingerprint density at radius 3 is 2.78 bits per heavy atom. The first-order valence-electron chi connectivity index (χ1n) is 8.96. The summed E-state index contributed by atoms with van der Waals surface area (Å²) in [5, 5.41) is 12.8. The van der Waals surface area contributed by atoms with Crippen molar-refractivity contribution in [2.24, 2.45) is 0 Å². The Morgan fingerprint density at radius 1 is 1.22 bits per heavy atom. The Bertz CT molecular complexity index is 934. The van der Waals surface area contributed by atoms with Crippen molar-refractivity contribution in [3.05, 3.63) is 35.1 Å². The molecule has 0 unspecified atom stereocenters. The Kier molecular flexibility index (Phi) is 5.36. The Hall–Kier alpha value is -2.06. The topological polar surface area (TPSA) is 62.1 Å². The first-order chi connectivity index (χ1) is 13.2. The van der Waals surface area contributed by atoms with Crippen LogP contribution < -0.4 is 9.47 Å². The molecule has 27 heavy (non-hydrogen) atoms. The van der Waals surface area contributed by atoms with Gasteiger partial charge in [-0.25, -0.2) is 4.98 Å². The molecule has 0 radical (unpaired) electrons. The second-order valence-corrected chi connectivity index (χ2v) is 8.16. The monoisotopic (exact) mass is 402 g/mol. The van der Waals surface area contributed by atoms with Crippen LogP contribution in [0.2, 0.25) is 0 Å². The molecule has 2 aromatic heterocycles. The first-order valence-corrected chi connectivity index (χ1v) is 10.8. The minimum atomic E-state index is 0.611. The fourth-order valence-electron chi connectivity index (χ4n) is 2.96. The largest absolute Gasteiger partial charge is 0.497 e. The second-order valence-electron chi connectivity index (χ2n) is 6.36. The number of rotatable bonds is 8. The normalized spacial score (nSPS) is 13.7. The number of ether oxygens (including phenoxy) is 2. The van der Waals surface area contributed by atoms with Crippen molar-refractivity contribution in [3.63, 3.8) is 0 Å². The van der Waals surface area contributed by atoms with E-state index in [1.807, 2.05) is 18.2 Å². The molecule has 0 N–H and O–H groups in total. The minimum Gasteiger partial charge on any atom is -0.497 e. The number of hydrogen-bond acceptors (Lipinski definition) is 7. The lowest BCUT2D eigenvalue weighted by Gasteiger charge is -2.08. The van der Waals surface area contributed by atoms with Gasteiger partial charge in [-0.3, -0.25) is 0 Å². The third-order valence-electron chi connectivity index (χ3n) is 4.54. The minimum absolute atomic E-state index is 0.611. The van der Waals surface area contributed by atoms with E-state index in [9.17, 15) is 0 Å². The van der Waals surface area contributed by atoms with Gasteiger partial charge in [0, 0.05) is 29.7 Å². The lowest BCUT2D eigenvalue weighted by atomic mass is 10.2. The van der Waals surface area contributed by atoms with Crippen LogP contribution in [0.25, 0.3) is 10.6 Å². The Balaban J connectivity index is 1.49. The molecule has 0 saturated heterocycles. The van der Waals surface area contributed by atoms with Crippen molar-refractivity contribution in [3.8, 4) is 22.1 Å². The van der Waals surface area contributed by atoms with Crippen LogP contribution in [0, 0.1) is 0 Å². The lowest BCUT2D eigenvalue weighted by Crippen LogP contribution is -2.02. The van der Waals surface area contributed by atoms with E-state index in [-0.39, 0.29) is 0 Å². The average molecular weight is 403 g/mol. The van der Waals surface area contributed by atoms with E-state index >= 15 is 0 Å². The highest BCUT2D eigenvalue weighted by Gasteiger charge is 2.30. The number of thioether (sulfide) groups is 1. The van der Waals surface area contributed by atoms with Crippen LogP contribution in [0.5, 0.6) is 11.5 Å². The number of methoxy groups -OCH3 is 2. The van der Waals surface area contributed by atoms with E-state index < -0.39 is 0 Å². The van der Waals surface area contributed by atoms with E-state index in [1.165, 1.54) is 12.8 Å². The summed E-state index contributed by atoms with van der Waals surface area (Å²) in [6.07, 6.45) is 2.48. The zero-order chi connectivity index (χ0) is 18.8. The summed E-state index contributed by atoms with van der Waals surface area (Å²) in [7, 11) is 3.31. The van der Waals surface area contributed by atoms with E-state index in [4.69, 9.17) is 14.5 Å². The molecule has 1 aliphatic carbocycles. The summed E-state index contributed by atoms with van der Waals surface area (Å²) in [4.78, 5) is 4.79. The number of hydrogen-bond donors (Lipinski definition) is 0. The zero-order valence-electron chi connectivity index (χ0n) is 15.6. The van der Waals surface area contributed by atoms with E-state index in [1.54, 1.807) is 37.3 Å². The van der Waals surface area contributed by atoms with E-state index in [0.29, 0.717) is 5.92 Å². The Morgan fingerprint density at radius 2 is 2.07 bits per heavy atom. The number of benzene rings is 1. The molecule has 6 nitrogen and oxygen atoms in total. The predicted octanol–water partition coefficient (Wildman–Crippen LogP) is 4.61. The van der Waals surface area contributed by atoms with Gasteiger partial charge in [-0.15, -0.1) is 21.5 Å². The molecular formula is C19H22N4O2S2. The molecular weight excluding hydrogens is 380 g/mol. The van der Waals surface area contributed by atoms with Crippen molar-refractivity contribution < 1.29 is 9.47 Å². The summed E-state index contributed by atoms with van der Waals surface area (Å²) < 4.78 is 13.0. The van der Waals surface area contributed by atoms with Gasteiger partial charge in [0.2, 0.25) is 0 Å². The number of thiazole rings is 1. The van der Waals surface area contributed by atoms with Crippen molar-refractivity contribution in [2.45, 2.75) is 43.1 Å². The van der Waals surface area contributed by atoms with E-state index in [2.05, 4.69) is 27.1 Å². The highest BCUT2D eigenvalue weighted by Crippen LogP contribution is 2.40. The summed E-state index contributed by atoms with van der Waals surface area (Å²) >= 11 is 3.32. The van der Waals surface area contributed by atoms with Gasteiger partial charge in [-0.05, 0) is 31.9 Å². The smallest absolute Gasteiger partial charge is 0.191 e. The van der Waals surface area contributed by atoms with Gasteiger partial charge in [-0.1, -0.05) is 11.8 Å². The predicted molar refractivity (Wildman–Crippen MR) is 108 cm³/mol. The van der Waals surface area contributed by atoms with Crippen LogP contribution in [0.15, 0.2) is 28.7 Å². The average Bonchev–Trinajstić information content (AvgIpc) is 3.30. The van der Waals surface area contributed by atoms with Crippen molar-refractivity contribution in [1.29, 1.82) is 0 Å². The molecule has 1 saturated carbocycles. The van der Waals surface area contributed by atoms with Crippen LogP contribution in [0.3, 0.4) is 0 Å². The quantitative estimate of drug-likeness (QED) is 0.513. The molecule has 1 fully saturated rings. The molecule has 2 heterocycles. The highest BCUT2D eigenvalue weighted by atomic mass is 32.2. The van der Waals surface area contributed by atoms with Crippen molar-refractivity contribution in [2.75, 3.05) is 14.2 Å². The molecule has 0 spiro atoms. The number of nitrogens with zero attached hydrogens (tertiary/aromatic N) is 4. The molecule has 1 aromatic carbocycles. The molecule has 142 valence electrons. The maximum atomic E-state index is 5.50. The Labute approximate surface area is 166 Å². The first kappa shape index (κ1) is 18.3. The van der Waals surface area contributed by atoms with Crippen molar-refractivity contribution >= 4 is 23.1 Å². The molecule has 0 aliphatic heterocycles. The van der Waals surface area contributed by atoms with Gasteiger partial charge >= 0.3 is 0 Å². The van der Waals surface area contributed by atoms with Crippen LogP contribution >= 0.6 is 23.1 Å². The molecule has 8 heteroatoms. The second kappa shape index (κ2) is 7.90. The fourth-order valence-corrected chi connectivity index (χ4v) is 4.81. The molecule has 0 amide bonds. The summed E-state index contributed by atoms with van der Waals surface area (Å²) in [6.45, 7) is 3.06. The van der Waals surface area contributed by atoms with Gasteiger partial charge in [0.15, 0.2) is 5.16 Å². The van der Waals surface area contributed by atoms with Gasteiger partial charge in [0.1, 0.15) is 22.3 Å². The van der Waals surface area contributed by atoms with Crippen molar-refractivity contribution in [1.82, 2.24) is 19.7 Å². The van der Waals surface area contributed by atoms with Gasteiger partial charge < -0.3 is 14.0 Å². The zero-order valence-corrected chi connectivity index (χ0v) is 17.3. The fraction of sp³-hybridized carbons (Fsp3) is 0.421. The van der Waals surface area contributed by atoms with Gasteiger partial charge in [-0.2, -0.15) is 0 Å². The standard InChI is InChI=1S/C19H22N4O2S2/c1-4-23-17(12-5-6-12)21-22-19(23)27-11-13-10-26-18(20-13)15-8-7-14(24-2)9-16(15)25-3/h7-10,12H,4-6,11H2,1-3H3. The maximum Gasteiger partial charge on any atom is 0.191 e. The van der Waals surface area contributed by atoms with Gasteiger partial charge in [0.25, 0.3) is 0 Å². The molecule has 1 aliphatic rings. The molecule has 3 aromatic rings. The van der Waals surface area contributed by atoms with Crippen LogP contribution in [-0.4, -0.2) is 34.0 Å². The molecule has 0 bridgehead atoms. The summed E-state index contributed by atoms with van der Waals surface area (Å²) in [5.74, 6) is 4.07. The van der Waals surface area contributed by atoms with Gasteiger partial charge in [0.05, 0.1) is 25.5 Å². The molecule has 4 rings (SSSR count).